The SMILES string of the molecule is COC(=O)C(C)OC(=O)C1(C(=O)OC(C)C(=O)OC)OC=C(c2cccc(CC(C)NCC(O)c3cccc(Cl)c3)c2)O1. The van der Waals surface area contributed by atoms with Crippen molar-refractivity contribution >= 4 is 41.2 Å². The predicted molar refractivity (Wildman–Crippen MR) is 152 cm³/mol. The van der Waals surface area contributed by atoms with Crippen LogP contribution in [0, 0.1) is 0 Å². The maximum absolute atomic E-state index is 13.1. The van der Waals surface area contributed by atoms with Crippen molar-refractivity contribution < 1.29 is 52.7 Å². The van der Waals surface area contributed by atoms with Gasteiger partial charge in [0.2, 0.25) is 0 Å². The third-order valence-electron chi connectivity index (χ3n) is 6.40. The van der Waals surface area contributed by atoms with Gasteiger partial charge in [0, 0.05) is 23.2 Å². The molecule has 0 radical (unpaired) electrons. The minimum Gasteiger partial charge on any atom is -0.466 e. The van der Waals surface area contributed by atoms with Gasteiger partial charge in [0.15, 0.2) is 18.0 Å². The third kappa shape index (κ3) is 8.46. The van der Waals surface area contributed by atoms with Crippen LogP contribution < -0.4 is 5.32 Å². The van der Waals surface area contributed by atoms with Gasteiger partial charge in [-0.3, -0.25) is 0 Å². The van der Waals surface area contributed by atoms with Crippen molar-refractivity contribution in [1.29, 1.82) is 0 Å². The molecule has 2 aromatic rings. The fourth-order valence-corrected chi connectivity index (χ4v) is 4.25. The summed E-state index contributed by atoms with van der Waals surface area (Å²) in [6, 6.07) is 14.0. The predicted octanol–water partition coefficient (Wildman–Crippen LogP) is 2.85. The second-order valence-electron chi connectivity index (χ2n) is 9.74. The van der Waals surface area contributed by atoms with Gasteiger partial charge in [-0.25, -0.2) is 19.2 Å². The second kappa shape index (κ2) is 14.9. The van der Waals surface area contributed by atoms with Crippen LogP contribution in [0.3, 0.4) is 0 Å². The first-order chi connectivity index (χ1) is 20.4. The van der Waals surface area contributed by atoms with Crippen molar-refractivity contribution in [3.05, 3.63) is 76.5 Å². The lowest BCUT2D eigenvalue weighted by Gasteiger charge is -2.26. The highest BCUT2D eigenvalue weighted by atomic mass is 35.5. The van der Waals surface area contributed by atoms with Crippen LogP contribution in [-0.4, -0.2) is 73.8 Å². The van der Waals surface area contributed by atoms with Gasteiger partial charge in [-0.2, -0.15) is 0 Å². The van der Waals surface area contributed by atoms with E-state index in [-0.39, 0.29) is 11.8 Å². The van der Waals surface area contributed by atoms with Crippen LogP contribution in [0.4, 0.5) is 0 Å². The first-order valence-electron chi connectivity index (χ1n) is 13.3. The Morgan fingerprint density at radius 1 is 0.930 bits per heavy atom. The summed E-state index contributed by atoms with van der Waals surface area (Å²) in [5, 5.41) is 14.3. The quantitative estimate of drug-likeness (QED) is 0.192. The molecule has 12 nitrogen and oxygen atoms in total. The summed E-state index contributed by atoms with van der Waals surface area (Å²) in [6.45, 7) is 4.71. The van der Waals surface area contributed by atoms with E-state index >= 15 is 0 Å². The van der Waals surface area contributed by atoms with E-state index in [1.807, 2.05) is 13.0 Å². The molecule has 0 bridgehead atoms. The van der Waals surface area contributed by atoms with Crippen LogP contribution >= 0.6 is 11.6 Å². The highest BCUT2D eigenvalue weighted by Gasteiger charge is 2.59. The number of hydrogen-bond donors (Lipinski definition) is 2. The van der Waals surface area contributed by atoms with Crippen molar-refractivity contribution in [3.8, 4) is 0 Å². The molecule has 13 heteroatoms. The van der Waals surface area contributed by atoms with Crippen molar-refractivity contribution in [2.75, 3.05) is 20.8 Å². The number of hydrogen-bond acceptors (Lipinski definition) is 12. The number of esters is 4. The Morgan fingerprint density at radius 3 is 2.12 bits per heavy atom. The highest BCUT2D eigenvalue weighted by molar-refractivity contribution is 6.30. The van der Waals surface area contributed by atoms with Crippen molar-refractivity contribution in [1.82, 2.24) is 5.32 Å². The van der Waals surface area contributed by atoms with Crippen molar-refractivity contribution in [2.45, 2.75) is 57.3 Å². The average Bonchev–Trinajstić information content (AvgIpc) is 3.46. The van der Waals surface area contributed by atoms with Gasteiger partial charge in [-0.1, -0.05) is 41.9 Å². The van der Waals surface area contributed by atoms with Crippen LogP contribution in [0.1, 0.15) is 43.6 Å². The van der Waals surface area contributed by atoms with Crippen molar-refractivity contribution in [3.63, 3.8) is 0 Å². The van der Waals surface area contributed by atoms with Gasteiger partial charge in [-0.05, 0) is 56.5 Å². The number of rotatable bonds is 13. The summed E-state index contributed by atoms with van der Waals surface area (Å²) >= 11 is 6.02. The third-order valence-corrected chi connectivity index (χ3v) is 6.64. The number of benzene rings is 2. The van der Waals surface area contributed by atoms with Crippen LogP contribution in [0.2, 0.25) is 5.02 Å². The largest absolute Gasteiger partial charge is 0.466 e. The monoisotopic (exact) mass is 619 g/mol. The van der Waals surface area contributed by atoms with Crippen LogP contribution in [0.15, 0.2) is 54.8 Å². The molecular formula is C30H34ClNO11. The number of aliphatic hydroxyl groups is 1. The molecule has 0 aromatic heterocycles. The molecule has 1 heterocycles. The zero-order valence-electron chi connectivity index (χ0n) is 24.3. The Kier molecular flexibility index (Phi) is 11.5. The highest BCUT2D eigenvalue weighted by Crippen LogP contribution is 2.35. The maximum Gasteiger partial charge on any atom is 0.453 e. The number of methoxy groups -OCH3 is 2. The number of halogens is 1. The zero-order valence-corrected chi connectivity index (χ0v) is 25.1. The molecule has 0 fully saturated rings. The smallest absolute Gasteiger partial charge is 0.453 e. The van der Waals surface area contributed by atoms with Gasteiger partial charge in [0.25, 0.3) is 0 Å². The van der Waals surface area contributed by atoms with E-state index in [0.29, 0.717) is 29.1 Å². The van der Waals surface area contributed by atoms with E-state index in [9.17, 15) is 24.3 Å². The fourth-order valence-electron chi connectivity index (χ4n) is 4.06. The molecule has 0 spiro atoms. The molecule has 0 aliphatic carbocycles. The lowest BCUT2D eigenvalue weighted by atomic mass is 10.0. The molecule has 1 aliphatic heterocycles. The van der Waals surface area contributed by atoms with E-state index in [1.165, 1.54) is 13.8 Å². The first kappa shape index (κ1) is 33.4. The molecule has 0 amide bonds. The summed E-state index contributed by atoms with van der Waals surface area (Å²) in [5.41, 5.74) is 2.01. The Morgan fingerprint density at radius 2 is 1.53 bits per heavy atom. The number of nitrogens with one attached hydrogen (secondary N) is 1. The normalized spacial score (nSPS) is 18.5. The number of carbonyl (C=O) groups is 4. The lowest BCUT2D eigenvalue weighted by molar-refractivity contribution is -0.222. The lowest BCUT2D eigenvalue weighted by Crippen LogP contribution is -2.52. The van der Waals surface area contributed by atoms with E-state index < -0.39 is 48.0 Å². The summed E-state index contributed by atoms with van der Waals surface area (Å²) in [5.74, 6) is -7.38. The molecule has 1 aliphatic rings. The maximum atomic E-state index is 13.1. The molecule has 0 saturated heterocycles. The fraction of sp³-hybridized carbons (Fsp3) is 0.400. The van der Waals surface area contributed by atoms with Crippen LogP contribution in [0.25, 0.3) is 5.76 Å². The average molecular weight is 620 g/mol. The van der Waals surface area contributed by atoms with E-state index in [1.54, 1.807) is 42.5 Å². The van der Waals surface area contributed by atoms with Crippen LogP contribution in [-0.2, 0) is 54.0 Å². The summed E-state index contributed by atoms with van der Waals surface area (Å²) in [6.07, 6.45) is -1.99. The Hall–Kier alpha value is -4.13. The molecule has 3 rings (SSSR count). The minimum atomic E-state index is -2.80. The van der Waals surface area contributed by atoms with E-state index in [0.717, 1.165) is 26.0 Å². The zero-order chi connectivity index (χ0) is 31.7. The molecular weight excluding hydrogens is 586 g/mol. The molecule has 4 atom stereocenters. The topological polar surface area (TPSA) is 156 Å². The van der Waals surface area contributed by atoms with Gasteiger partial charge < -0.3 is 38.8 Å². The number of aliphatic hydroxyl groups excluding tert-OH is 1. The molecule has 232 valence electrons. The Bertz CT molecular complexity index is 1330. The number of ether oxygens (including phenoxy) is 6. The first-order valence-corrected chi connectivity index (χ1v) is 13.7. The molecule has 2 N–H and O–H groups in total. The van der Waals surface area contributed by atoms with Gasteiger partial charge >= 0.3 is 29.7 Å². The summed E-state index contributed by atoms with van der Waals surface area (Å²) in [7, 11) is 2.20. The van der Waals surface area contributed by atoms with Gasteiger partial charge in [-0.15, -0.1) is 0 Å². The van der Waals surface area contributed by atoms with E-state index in [2.05, 4.69) is 14.8 Å². The minimum absolute atomic E-state index is 0.0100. The van der Waals surface area contributed by atoms with Gasteiger partial charge in [0.1, 0.15) is 6.26 Å². The molecule has 0 saturated carbocycles. The van der Waals surface area contributed by atoms with Crippen molar-refractivity contribution in [2.24, 2.45) is 0 Å². The van der Waals surface area contributed by atoms with Crippen LogP contribution in [0.5, 0.6) is 0 Å². The summed E-state index contributed by atoms with van der Waals surface area (Å²) < 4.78 is 30.4. The standard InChI is InChI=1S/C30H34ClNO11/c1-17(32-15-24(33)21-9-7-11-23(31)14-21)12-20-8-6-10-22(13-20)25-16-40-30(43-25,28(36)41-18(2)26(34)38-4)29(37)42-19(3)27(35)39-5/h6-11,13-14,16-19,24,32-33H,12,15H2,1-5H3. The molecule has 4 unspecified atom stereocenters. The van der Waals surface area contributed by atoms with E-state index in [4.69, 9.17) is 30.5 Å². The summed E-state index contributed by atoms with van der Waals surface area (Å²) in [4.78, 5) is 49.9. The Balaban J connectivity index is 1.73. The number of carbonyl (C=O) groups excluding carboxylic acids is 4. The molecule has 43 heavy (non-hydrogen) atoms. The van der Waals surface area contributed by atoms with Gasteiger partial charge in [0.05, 0.1) is 20.3 Å². The second-order valence-corrected chi connectivity index (χ2v) is 10.2. The molecule has 2 aromatic carbocycles. The Labute approximate surface area is 253 Å².